The van der Waals surface area contributed by atoms with Gasteiger partial charge in [0.15, 0.2) is 5.82 Å². The molecule has 0 amide bonds. The fourth-order valence-corrected chi connectivity index (χ4v) is 2.12. The highest BCUT2D eigenvalue weighted by Crippen LogP contribution is 2.16. The lowest BCUT2D eigenvalue weighted by Gasteiger charge is -2.00. The van der Waals surface area contributed by atoms with Crippen molar-refractivity contribution in [1.82, 2.24) is 14.9 Å². The van der Waals surface area contributed by atoms with Crippen LogP contribution in [0, 0.1) is 16.1 Å². The summed E-state index contributed by atoms with van der Waals surface area (Å²) in [4.78, 5) is 0. The monoisotopic (exact) mass is 305 g/mol. The molecule has 2 aromatic carbocycles. The van der Waals surface area contributed by atoms with E-state index in [1.807, 2.05) is 42.5 Å². The first-order valence-electron chi connectivity index (χ1n) is 6.55. The van der Waals surface area contributed by atoms with Crippen molar-refractivity contribution < 1.29 is 0 Å². The molecule has 0 fully saturated rings. The summed E-state index contributed by atoms with van der Waals surface area (Å²) in [7, 11) is 0. The summed E-state index contributed by atoms with van der Waals surface area (Å²) >= 11 is 5.22. The summed E-state index contributed by atoms with van der Waals surface area (Å²) in [6.07, 6.45) is 1.68. The third-order valence-corrected chi connectivity index (χ3v) is 3.31. The Hall–Kier alpha value is -3.04. The lowest BCUT2D eigenvalue weighted by Crippen LogP contribution is -1.95. The molecule has 0 aliphatic carbocycles. The van der Waals surface area contributed by atoms with Crippen LogP contribution in [0.5, 0.6) is 0 Å². The van der Waals surface area contributed by atoms with Gasteiger partial charge in [-0.1, -0.05) is 42.5 Å². The van der Waals surface area contributed by atoms with Crippen LogP contribution in [-0.2, 0) is 0 Å². The number of hydrogen-bond acceptors (Lipinski definition) is 4. The highest BCUT2D eigenvalue weighted by Gasteiger charge is 2.06. The maximum absolute atomic E-state index is 8.79. The molecule has 0 unspecified atom stereocenters. The fraction of sp³-hybridized carbons (Fsp3) is 0. The maximum Gasteiger partial charge on any atom is 0.216 e. The Morgan fingerprint density at radius 1 is 1.14 bits per heavy atom. The molecule has 5 nitrogen and oxygen atoms in total. The zero-order valence-electron chi connectivity index (χ0n) is 11.5. The molecule has 22 heavy (non-hydrogen) atoms. The number of aromatic nitrogens is 3. The number of nitrogens with zero attached hydrogens (tertiary/aromatic N) is 4. The van der Waals surface area contributed by atoms with E-state index in [0.717, 1.165) is 11.1 Å². The number of benzene rings is 2. The smallest absolute Gasteiger partial charge is 0.216 e. The minimum absolute atomic E-state index is 0.420. The average Bonchev–Trinajstić information content (AvgIpc) is 2.95. The van der Waals surface area contributed by atoms with E-state index in [-0.39, 0.29) is 0 Å². The summed E-state index contributed by atoms with van der Waals surface area (Å²) < 4.78 is 1.99. The van der Waals surface area contributed by atoms with Gasteiger partial charge in [0.25, 0.3) is 0 Å². The number of aromatic amines is 1. The minimum atomic E-state index is 0.420. The summed E-state index contributed by atoms with van der Waals surface area (Å²) in [5.74, 6) is 0.649. The fourth-order valence-electron chi connectivity index (χ4n) is 1.94. The van der Waals surface area contributed by atoms with Gasteiger partial charge in [-0.25, -0.2) is 5.10 Å². The van der Waals surface area contributed by atoms with E-state index in [4.69, 9.17) is 17.5 Å². The molecule has 0 aliphatic heterocycles. The standard InChI is InChI=1S/C16H11N5S/c17-10-12-6-8-13(9-7-12)11-18-21-15(19-20-16(21)22)14-4-2-1-3-5-14/h1-9,11H,(H,20,22)/b18-11+. The van der Waals surface area contributed by atoms with E-state index in [0.29, 0.717) is 16.2 Å². The predicted octanol–water partition coefficient (Wildman–Crippen LogP) is 3.36. The molecule has 0 spiro atoms. The normalized spacial score (nSPS) is 10.7. The van der Waals surface area contributed by atoms with Crippen LogP contribution in [0.4, 0.5) is 0 Å². The van der Waals surface area contributed by atoms with Crippen LogP contribution in [0.3, 0.4) is 0 Å². The van der Waals surface area contributed by atoms with Crippen molar-refractivity contribution in [3.05, 3.63) is 70.5 Å². The van der Waals surface area contributed by atoms with Crippen LogP contribution >= 0.6 is 12.2 Å². The van der Waals surface area contributed by atoms with Gasteiger partial charge in [0, 0.05) is 5.56 Å². The van der Waals surface area contributed by atoms with Gasteiger partial charge < -0.3 is 0 Å². The summed E-state index contributed by atoms with van der Waals surface area (Å²) in [5, 5.41) is 20.1. The zero-order valence-corrected chi connectivity index (χ0v) is 12.3. The van der Waals surface area contributed by atoms with Gasteiger partial charge in [-0.15, -0.1) is 0 Å². The first-order valence-corrected chi connectivity index (χ1v) is 6.96. The second kappa shape index (κ2) is 6.16. The highest BCUT2D eigenvalue weighted by molar-refractivity contribution is 7.71. The van der Waals surface area contributed by atoms with Gasteiger partial charge in [-0.2, -0.15) is 20.1 Å². The number of nitrogens with one attached hydrogen (secondary N) is 1. The molecule has 3 rings (SSSR count). The summed E-state index contributed by atoms with van der Waals surface area (Å²) in [6, 6.07) is 18.9. The van der Waals surface area contributed by atoms with Crippen LogP contribution in [0.15, 0.2) is 59.7 Å². The molecule has 0 atom stereocenters. The quantitative estimate of drug-likeness (QED) is 0.596. The molecular formula is C16H11N5S. The van der Waals surface area contributed by atoms with Crippen molar-refractivity contribution in [2.24, 2.45) is 5.10 Å². The molecule has 3 aromatic rings. The Morgan fingerprint density at radius 3 is 2.55 bits per heavy atom. The molecule has 0 saturated heterocycles. The van der Waals surface area contributed by atoms with E-state index < -0.39 is 0 Å². The Bertz CT molecular complexity index is 898. The van der Waals surface area contributed by atoms with Crippen LogP contribution in [-0.4, -0.2) is 21.1 Å². The Balaban J connectivity index is 1.95. The number of nitriles is 1. The Labute approximate surface area is 132 Å². The maximum atomic E-state index is 8.79. The number of H-pyrrole nitrogens is 1. The van der Waals surface area contributed by atoms with E-state index in [1.54, 1.807) is 23.0 Å². The Morgan fingerprint density at radius 2 is 1.86 bits per heavy atom. The van der Waals surface area contributed by atoms with Gasteiger partial charge in [0.2, 0.25) is 4.77 Å². The van der Waals surface area contributed by atoms with Crippen LogP contribution in [0.2, 0.25) is 0 Å². The van der Waals surface area contributed by atoms with Crippen LogP contribution in [0.1, 0.15) is 11.1 Å². The van der Waals surface area contributed by atoms with Crippen molar-refractivity contribution in [2.45, 2.75) is 0 Å². The van der Waals surface area contributed by atoms with E-state index in [1.165, 1.54) is 0 Å². The molecule has 1 heterocycles. The second-order valence-corrected chi connectivity index (χ2v) is 4.90. The summed E-state index contributed by atoms with van der Waals surface area (Å²) in [5.41, 5.74) is 2.41. The van der Waals surface area contributed by atoms with Crippen molar-refractivity contribution >= 4 is 18.4 Å². The van der Waals surface area contributed by atoms with E-state index in [2.05, 4.69) is 21.4 Å². The number of hydrogen-bond donors (Lipinski definition) is 1. The van der Waals surface area contributed by atoms with Crippen LogP contribution in [0.25, 0.3) is 11.4 Å². The van der Waals surface area contributed by atoms with Gasteiger partial charge >= 0.3 is 0 Å². The van der Waals surface area contributed by atoms with Gasteiger partial charge in [-0.3, -0.25) is 0 Å². The predicted molar refractivity (Wildman–Crippen MR) is 87.0 cm³/mol. The minimum Gasteiger partial charge on any atom is -0.250 e. The largest absolute Gasteiger partial charge is 0.250 e. The highest BCUT2D eigenvalue weighted by atomic mass is 32.1. The lowest BCUT2D eigenvalue weighted by atomic mass is 10.2. The number of rotatable bonds is 3. The molecule has 106 valence electrons. The third-order valence-electron chi connectivity index (χ3n) is 3.04. The molecule has 0 aliphatic rings. The molecule has 6 heteroatoms. The molecule has 0 radical (unpaired) electrons. The van der Waals surface area contributed by atoms with Crippen molar-refractivity contribution in [3.8, 4) is 17.5 Å². The van der Waals surface area contributed by atoms with Gasteiger partial charge in [0.05, 0.1) is 17.8 Å². The molecule has 1 N–H and O–H groups in total. The van der Waals surface area contributed by atoms with Gasteiger partial charge in [-0.05, 0) is 29.9 Å². The van der Waals surface area contributed by atoms with Crippen molar-refractivity contribution in [1.29, 1.82) is 5.26 Å². The molecule has 0 saturated carbocycles. The van der Waals surface area contributed by atoms with Crippen molar-refractivity contribution in [2.75, 3.05) is 0 Å². The molecule has 0 bridgehead atoms. The topological polar surface area (TPSA) is 69.8 Å². The first kappa shape index (κ1) is 13.9. The van der Waals surface area contributed by atoms with Gasteiger partial charge in [0.1, 0.15) is 0 Å². The Kier molecular flexibility index (Phi) is 3.90. The van der Waals surface area contributed by atoms with Crippen LogP contribution < -0.4 is 0 Å². The van der Waals surface area contributed by atoms with E-state index in [9.17, 15) is 0 Å². The lowest BCUT2D eigenvalue weighted by molar-refractivity contribution is 0.871. The summed E-state index contributed by atoms with van der Waals surface area (Å²) in [6.45, 7) is 0. The zero-order chi connectivity index (χ0) is 15.4. The van der Waals surface area contributed by atoms with Crippen molar-refractivity contribution in [3.63, 3.8) is 0 Å². The second-order valence-electron chi connectivity index (χ2n) is 4.51. The first-order chi connectivity index (χ1) is 10.8. The SMILES string of the molecule is N#Cc1ccc(/C=N/n2c(-c3ccccc3)n[nH]c2=S)cc1. The third kappa shape index (κ3) is 2.85. The molecular weight excluding hydrogens is 294 g/mol. The average molecular weight is 305 g/mol. The van der Waals surface area contributed by atoms with E-state index >= 15 is 0 Å². The molecule has 1 aromatic heterocycles.